The van der Waals surface area contributed by atoms with Gasteiger partial charge in [0.05, 0.1) is 12.1 Å². The predicted molar refractivity (Wildman–Crippen MR) is 138 cm³/mol. The van der Waals surface area contributed by atoms with Gasteiger partial charge in [0.25, 0.3) is 5.91 Å². The van der Waals surface area contributed by atoms with Crippen LogP contribution in [-0.4, -0.2) is 54.7 Å². The molecule has 1 heterocycles. The van der Waals surface area contributed by atoms with E-state index < -0.39 is 12.1 Å². The Bertz CT molecular complexity index is 1300. The normalized spacial score (nSPS) is 16.1. The van der Waals surface area contributed by atoms with Crippen molar-refractivity contribution in [3.8, 4) is 0 Å². The van der Waals surface area contributed by atoms with Crippen LogP contribution in [0, 0.1) is 6.92 Å². The number of amides is 2. The molecule has 202 valence electrons. The second-order valence-electron chi connectivity index (χ2n) is 8.80. The summed E-state index contributed by atoms with van der Waals surface area (Å²) in [5.41, 5.74) is 3.10. The third-order valence-corrected chi connectivity index (χ3v) is 5.99. The molecule has 1 saturated heterocycles. The first kappa shape index (κ1) is 28.6. The Morgan fingerprint density at radius 3 is 2.37 bits per heavy atom. The number of carbonyl (C=O) groups is 3. The monoisotopic (exact) mass is 530 g/mol. The molecule has 1 aliphatic rings. The van der Waals surface area contributed by atoms with Gasteiger partial charge in [-0.05, 0) is 47.9 Å². The Labute approximate surface area is 217 Å². The molecule has 3 aromatic rings. The van der Waals surface area contributed by atoms with Gasteiger partial charge in [-0.3, -0.25) is 9.59 Å². The third-order valence-electron chi connectivity index (χ3n) is 5.99. The van der Waals surface area contributed by atoms with Crippen LogP contribution < -0.4 is 21.3 Å². The van der Waals surface area contributed by atoms with Gasteiger partial charge in [0.15, 0.2) is 0 Å². The lowest BCUT2D eigenvalue weighted by Crippen LogP contribution is -2.54. The van der Waals surface area contributed by atoms with Gasteiger partial charge in [-0.25, -0.2) is 4.79 Å². The van der Waals surface area contributed by atoms with Crippen molar-refractivity contribution in [1.29, 1.82) is 0 Å². The molecule has 0 spiro atoms. The largest absolute Gasteiger partial charge is 0.490 e. The van der Waals surface area contributed by atoms with Crippen molar-refractivity contribution in [2.24, 2.45) is 0 Å². The zero-order chi connectivity index (χ0) is 27.9. The maximum atomic E-state index is 13.1. The van der Waals surface area contributed by atoms with Crippen LogP contribution in [0.15, 0.2) is 60.7 Å². The van der Waals surface area contributed by atoms with E-state index in [4.69, 9.17) is 9.90 Å². The lowest BCUT2D eigenvalue weighted by molar-refractivity contribution is -0.192. The summed E-state index contributed by atoms with van der Waals surface area (Å²) in [6, 6.07) is 19.3. The first-order chi connectivity index (χ1) is 18.0. The molecule has 0 radical (unpaired) electrons. The van der Waals surface area contributed by atoms with Crippen molar-refractivity contribution >= 4 is 34.2 Å². The Balaban J connectivity index is 0.000000505. The van der Waals surface area contributed by atoms with E-state index in [0.29, 0.717) is 17.8 Å². The summed E-state index contributed by atoms with van der Waals surface area (Å²) in [6.45, 7) is 6.09. The van der Waals surface area contributed by atoms with Crippen LogP contribution in [0.4, 0.5) is 18.9 Å². The van der Waals surface area contributed by atoms with E-state index >= 15 is 0 Å². The predicted octanol–water partition coefficient (Wildman–Crippen LogP) is 3.77. The summed E-state index contributed by atoms with van der Waals surface area (Å²) in [7, 11) is 0. The van der Waals surface area contributed by atoms with E-state index in [1.807, 2.05) is 50.2 Å². The average molecular weight is 531 g/mol. The lowest BCUT2D eigenvalue weighted by Gasteiger charge is -2.23. The fraction of sp³-hybridized carbons (Fsp3) is 0.296. The number of alkyl halides is 3. The summed E-state index contributed by atoms with van der Waals surface area (Å²) < 4.78 is 31.7. The number of piperazine rings is 1. The van der Waals surface area contributed by atoms with Gasteiger partial charge >= 0.3 is 12.1 Å². The number of carbonyl (C=O) groups excluding carboxylic acids is 2. The maximum Gasteiger partial charge on any atom is 0.490 e. The average Bonchev–Trinajstić information content (AvgIpc) is 2.89. The smallest absolute Gasteiger partial charge is 0.475 e. The molecular weight excluding hydrogens is 501 g/mol. The van der Waals surface area contributed by atoms with Crippen molar-refractivity contribution in [2.45, 2.75) is 32.1 Å². The Hall–Kier alpha value is -3.96. The zero-order valence-corrected chi connectivity index (χ0v) is 20.9. The van der Waals surface area contributed by atoms with Gasteiger partial charge in [0.1, 0.15) is 0 Å². The number of carboxylic acid groups (broad SMARTS) is 1. The topological polar surface area (TPSA) is 120 Å². The molecule has 2 amide bonds. The van der Waals surface area contributed by atoms with Crippen LogP contribution in [0.5, 0.6) is 0 Å². The van der Waals surface area contributed by atoms with Gasteiger partial charge < -0.3 is 26.4 Å². The summed E-state index contributed by atoms with van der Waals surface area (Å²) in [4.78, 5) is 34.5. The molecule has 1 unspecified atom stereocenters. The second kappa shape index (κ2) is 12.5. The highest BCUT2D eigenvalue weighted by atomic mass is 19.4. The van der Waals surface area contributed by atoms with Crippen molar-refractivity contribution in [3.63, 3.8) is 0 Å². The fourth-order valence-corrected chi connectivity index (χ4v) is 3.99. The molecule has 11 heteroatoms. The molecule has 4 rings (SSSR count). The molecule has 0 bridgehead atoms. The number of rotatable bonds is 5. The molecule has 2 atom stereocenters. The lowest BCUT2D eigenvalue weighted by atomic mass is 9.99. The molecule has 38 heavy (non-hydrogen) atoms. The molecular formula is C27H29F3N4O4. The van der Waals surface area contributed by atoms with Crippen molar-refractivity contribution in [1.82, 2.24) is 16.0 Å². The highest BCUT2D eigenvalue weighted by Gasteiger charge is 2.38. The first-order valence-corrected chi connectivity index (χ1v) is 11.9. The minimum absolute atomic E-state index is 0.105. The first-order valence-electron chi connectivity index (χ1n) is 11.9. The Kier molecular flexibility index (Phi) is 9.43. The number of carboxylic acids is 1. The summed E-state index contributed by atoms with van der Waals surface area (Å²) in [5, 5.41) is 21.8. The van der Waals surface area contributed by atoms with Gasteiger partial charge in [-0.1, -0.05) is 48.5 Å². The zero-order valence-electron chi connectivity index (χ0n) is 20.9. The van der Waals surface area contributed by atoms with E-state index in [1.165, 1.54) is 0 Å². The highest BCUT2D eigenvalue weighted by Crippen LogP contribution is 2.25. The molecule has 8 nitrogen and oxygen atoms in total. The van der Waals surface area contributed by atoms with E-state index in [-0.39, 0.29) is 23.9 Å². The molecule has 0 aromatic heterocycles. The van der Waals surface area contributed by atoms with Crippen LogP contribution in [-0.2, 0) is 9.59 Å². The van der Waals surface area contributed by atoms with Gasteiger partial charge in [-0.2, -0.15) is 13.2 Å². The summed E-state index contributed by atoms with van der Waals surface area (Å²) >= 11 is 0. The number of hydrogen-bond acceptors (Lipinski definition) is 5. The minimum atomic E-state index is -5.08. The maximum absolute atomic E-state index is 13.1. The van der Waals surface area contributed by atoms with Gasteiger partial charge in [0.2, 0.25) is 5.91 Å². The Morgan fingerprint density at radius 2 is 1.71 bits per heavy atom. The molecule has 3 aromatic carbocycles. The van der Waals surface area contributed by atoms with Gasteiger partial charge in [0, 0.05) is 30.9 Å². The number of hydrogen-bond donors (Lipinski definition) is 5. The number of aryl methyl sites for hydroxylation is 1. The number of fused-ring (bicyclic) bond motifs is 1. The minimum Gasteiger partial charge on any atom is -0.475 e. The Morgan fingerprint density at radius 1 is 1.03 bits per heavy atom. The molecule has 0 saturated carbocycles. The number of halogens is 3. The van der Waals surface area contributed by atoms with Crippen molar-refractivity contribution in [2.75, 3.05) is 25.0 Å². The SMILES string of the molecule is Cc1ccc(NC(=O)C2CNCCN2)cc1C(=O)N[C@H](C)c1cccc2ccccc12.O=C(O)C(F)(F)F. The van der Waals surface area contributed by atoms with Crippen LogP contribution in [0.25, 0.3) is 10.8 Å². The summed E-state index contributed by atoms with van der Waals surface area (Å²) in [6.07, 6.45) is -5.08. The van der Waals surface area contributed by atoms with Gasteiger partial charge in [-0.15, -0.1) is 0 Å². The van der Waals surface area contributed by atoms with E-state index in [2.05, 4.69) is 39.5 Å². The van der Waals surface area contributed by atoms with Crippen molar-refractivity contribution in [3.05, 3.63) is 77.4 Å². The fourth-order valence-electron chi connectivity index (χ4n) is 3.99. The number of anilines is 1. The van der Waals surface area contributed by atoms with E-state index in [1.54, 1.807) is 6.07 Å². The molecule has 1 fully saturated rings. The summed E-state index contributed by atoms with van der Waals surface area (Å²) in [5.74, 6) is -3.02. The number of nitrogens with one attached hydrogen (secondary N) is 4. The number of aliphatic carboxylic acids is 1. The van der Waals surface area contributed by atoms with Crippen LogP contribution in [0.2, 0.25) is 0 Å². The standard InChI is InChI=1S/C25H28N4O2.C2HF3O2/c1-16-10-11-19(29-25(31)23-15-26-12-13-27-23)14-22(16)24(30)28-17(2)20-9-5-7-18-6-3-4-8-21(18)20;3-2(4,5)1(6)7/h3-11,14,17,23,26-27H,12-13,15H2,1-2H3,(H,28,30)(H,29,31);(H,6,7)/t17-,23?;/m1./s1. The number of benzene rings is 3. The second-order valence-corrected chi connectivity index (χ2v) is 8.80. The van der Waals surface area contributed by atoms with E-state index in [0.717, 1.165) is 35.0 Å². The molecule has 0 aliphatic carbocycles. The van der Waals surface area contributed by atoms with Crippen LogP contribution >= 0.6 is 0 Å². The quantitative estimate of drug-likeness (QED) is 0.343. The van der Waals surface area contributed by atoms with Crippen LogP contribution in [0.3, 0.4) is 0 Å². The van der Waals surface area contributed by atoms with Crippen molar-refractivity contribution < 1.29 is 32.7 Å². The highest BCUT2D eigenvalue weighted by molar-refractivity contribution is 6.00. The molecule has 1 aliphatic heterocycles. The van der Waals surface area contributed by atoms with Crippen LogP contribution in [0.1, 0.15) is 34.5 Å². The third kappa shape index (κ3) is 7.53. The molecule has 5 N–H and O–H groups in total. The van der Waals surface area contributed by atoms with E-state index in [9.17, 15) is 22.8 Å².